The first-order valence-corrected chi connectivity index (χ1v) is 5.35. The van der Waals surface area contributed by atoms with Crippen LogP contribution in [0.2, 0.25) is 0 Å². The van der Waals surface area contributed by atoms with E-state index >= 15 is 0 Å². The lowest BCUT2D eigenvalue weighted by Crippen LogP contribution is -2.37. The predicted octanol–water partition coefficient (Wildman–Crippen LogP) is -1.39. The van der Waals surface area contributed by atoms with Gasteiger partial charge in [0, 0.05) is 6.20 Å². The molecule has 3 N–H and O–H groups in total. The molecule has 0 spiro atoms. The van der Waals surface area contributed by atoms with Crippen LogP contribution < -0.4 is 5.32 Å². The van der Waals surface area contributed by atoms with Crippen molar-refractivity contribution in [3.63, 3.8) is 0 Å². The van der Waals surface area contributed by atoms with Crippen molar-refractivity contribution in [3.8, 4) is 0 Å². The maximum Gasteiger partial charge on any atom is 0.334 e. The van der Waals surface area contributed by atoms with Crippen LogP contribution in [0.25, 0.3) is 5.78 Å². The van der Waals surface area contributed by atoms with Gasteiger partial charge < -0.3 is 15.5 Å². The maximum absolute atomic E-state index is 11.8. The van der Waals surface area contributed by atoms with Crippen LogP contribution >= 0.6 is 0 Å². The lowest BCUT2D eigenvalue weighted by atomic mass is 10.2. The van der Waals surface area contributed by atoms with Crippen molar-refractivity contribution in [1.29, 1.82) is 0 Å². The van der Waals surface area contributed by atoms with Gasteiger partial charge in [0.25, 0.3) is 11.7 Å². The summed E-state index contributed by atoms with van der Waals surface area (Å²) in [7, 11) is 0. The Hall–Kier alpha value is -2.55. The van der Waals surface area contributed by atoms with Gasteiger partial charge in [-0.3, -0.25) is 4.79 Å². The van der Waals surface area contributed by atoms with Crippen LogP contribution in [0.1, 0.15) is 16.1 Å². The molecule has 2 heterocycles. The summed E-state index contributed by atoms with van der Waals surface area (Å²) in [6.07, 6.45) is 0.986. The van der Waals surface area contributed by atoms with E-state index in [2.05, 4.69) is 20.4 Å². The van der Waals surface area contributed by atoms with Gasteiger partial charge in [-0.1, -0.05) is 0 Å². The first-order valence-electron chi connectivity index (χ1n) is 5.35. The Labute approximate surface area is 106 Å². The molecule has 19 heavy (non-hydrogen) atoms. The van der Waals surface area contributed by atoms with Crippen LogP contribution in [-0.2, 0) is 4.79 Å². The number of aliphatic hydroxyl groups is 1. The Morgan fingerprint density at radius 3 is 2.89 bits per heavy atom. The van der Waals surface area contributed by atoms with Gasteiger partial charge in [0.05, 0.1) is 17.8 Å². The van der Waals surface area contributed by atoms with Crippen LogP contribution in [-0.4, -0.2) is 54.3 Å². The van der Waals surface area contributed by atoms with Gasteiger partial charge in [0.2, 0.25) is 0 Å². The zero-order valence-corrected chi connectivity index (χ0v) is 9.94. The van der Waals surface area contributed by atoms with Crippen molar-refractivity contribution >= 4 is 17.7 Å². The van der Waals surface area contributed by atoms with E-state index in [4.69, 9.17) is 10.2 Å². The van der Waals surface area contributed by atoms with Crippen molar-refractivity contribution in [2.75, 3.05) is 6.54 Å². The molecule has 0 bridgehead atoms. The van der Waals surface area contributed by atoms with E-state index in [9.17, 15) is 9.59 Å². The number of aryl methyl sites for hydroxylation is 1. The minimum atomic E-state index is -1.65. The molecular weight excluding hydrogens is 254 g/mol. The first kappa shape index (κ1) is 12.9. The smallest absolute Gasteiger partial charge is 0.334 e. The van der Waals surface area contributed by atoms with Crippen molar-refractivity contribution in [1.82, 2.24) is 24.9 Å². The monoisotopic (exact) mass is 265 g/mol. The Morgan fingerprint density at radius 2 is 2.21 bits per heavy atom. The second-order valence-corrected chi connectivity index (χ2v) is 3.79. The highest BCUT2D eigenvalue weighted by molar-refractivity contribution is 5.95. The molecule has 0 radical (unpaired) electrons. The van der Waals surface area contributed by atoms with E-state index in [1.165, 1.54) is 17.0 Å². The average molecular weight is 265 g/mol. The topological polar surface area (TPSA) is 130 Å². The molecular formula is C10H11N5O4. The third-order valence-corrected chi connectivity index (χ3v) is 2.53. The quantitative estimate of drug-likeness (QED) is 0.620. The number of carboxylic acid groups (broad SMARTS) is 1. The lowest BCUT2D eigenvalue weighted by molar-refractivity contribution is -0.146. The predicted molar refractivity (Wildman–Crippen MR) is 61.5 cm³/mol. The Bertz CT molecular complexity index is 638. The summed E-state index contributed by atoms with van der Waals surface area (Å²) in [5, 5.41) is 23.8. The summed E-state index contributed by atoms with van der Waals surface area (Å²) in [5.41, 5.74) is 0.750. The molecule has 9 nitrogen and oxygen atoms in total. The fraction of sp³-hybridized carbons (Fsp3) is 0.300. The molecule has 0 aliphatic carbocycles. The SMILES string of the molecule is Cc1c(C(=O)NC[C@H](O)C(=O)O)cnc2ncnn12. The number of hydrogen-bond acceptors (Lipinski definition) is 6. The molecule has 0 aliphatic heterocycles. The Morgan fingerprint density at radius 1 is 1.47 bits per heavy atom. The molecule has 0 aromatic carbocycles. The van der Waals surface area contributed by atoms with E-state index in [1.54, 1.807) is 6.92 Å². The summed E-state index contributed by atoms with van der Waals surface area (Å²) >= 11 is 0. The van der Waals surface area contributed by atoms with Crippen LogP contribution in [0.3, 0.4) is 0 Å². The van der Waals surface area contributed by atoms with Crippen molar-refractivity contribution in [2.45, 2.75) is 13.0 Å². The zero-order valence-electron chi connectivity index (χ0n) is 9.94. The van der Waals surface area contributed by atoms with Crippen molar-refractivity contribution in [2.24, 2.45) is 0 Å². The number of fused-ring (bicyclic) bond motifs is 1. The van der Waals surface area contributed by atoms with E-state index < -0.39 is 18.0 Å². The summed E-state index contributed by atoms with van der Waals surface area (Å²) in [6.45, 7) is 1.27. The highest BCUT2D eigenvalue weighted by Gasteiger charge is 2.17. The number of carbonyl (C=O) groups is 2. The Balaban J connectivity index is 2.17. The minimum absolute atomic E-state index is 0.232. The number of nitrogens with zero attached hydrogens (tertiary/aromatic N) is 4. The standard InChI is InChI=1S/C10H11N5O4/c1-5-6(2-12-10-13-4-14-15(5)10)8(17)11-3-7(16)9(18)19/h2,4,7,16H,3H2,1H3,(H,11,17)(H,18,19)/t7-/m0/s1. The average Bonchev–Trinajstić information content (AvgIpc) is 2.85. The number of carbonyl (C=O) groups excluding carboxylic acids is 1. The summed E-state index contributed by atoms with van der Waals surface area (Å²) < 4.78 is 1.39. The van der Waals surface area contributed by atoms with Gasteiger partial charge in [0.1, 0.15) is 6.33 Å². The summed E-state index contributed by atoms with van der Waals surface area (Å²) in [6, 6.07) is 0. The number of rotatable bonds is 4. The molecule has 0 fully saturated rings. The number of aliphatic carboxylic acids is 1. The fourth-order valence-corrected chi connectivity index (χ4v) is 1.48. The highest BCUT2D eigenvalue weighted by Crippen LogP contribution is 2.07. The van der Waals surface area contributed by atoms with E-state index in [0.717, 1.165) is 0 Å². The van der Waals surface area contributed by atoms with Gasteiger partial charge in [0.15, 0.2) is 6.10 Å². The number of amides is 1. The van der Waals surface area contributed by atoms with E-state index in [0.29, 0.717) is 11.5 Å². The molecule has 0 saturated heterocycles. The molecule has 0 aliphatic rings. The first-order chi connectivity index (χ1) is 9.00. The molecule has 0 unspecified atom stereocenters. The third kappa shape index (κ3) is 2.50. The third-order valence-electron chi connectivity index (χ3n) is 2.53. The molecule has 2 aromatic rings. The highest BCUT2D eigenvalue weighted by atomic mass is 16.4. The number of hydrogen-bond donors (Lipinski definition) is 3. The van der Waals surface area contributed by atoms with E-state index in [1.807, 2.05) is 0 Å². The van der Waals surface area contributed by atoms with Gasteiger partial charge in [-0.15, -0.1) is 0 Å². The molecule has 1 atom stereocenters. The molecule has 2 aromatic heterocycles. The number of carboxylic acids is 1. The van der Waals surface area contributed by atoms with Gasteiger partial charge in [-0.25, -0.2) is 14.3 Å². The number of nitrogens with one attached hydrogen (secondary N) is 1. The van der Waals surface area contributed by atoms with Crippen LogP contribution in [0.5, 0.6) is 0 Å². The molecule has 0 saturated carbocycles. The maximum atomic E-state index is 11.8. The summed E-state index contributed by atoms with van der Waals surface area (Å²) in [5.74, 6) is -1.58. The molecule has 1 amide bonds. The largest absolute Gasteiger partial charge is 0.479 e. The van der Waals surface area contributed by atoms with Crippen molar-refractivity contribution < 1.29 is 19.8 Å². The van der Waals surface area contributed by atoms with Gasteiger partial charge in [-0.05, 0) is 6.92 Å². The summed E-state index contributed by atoms with van der Waals surface area (Å²) in [4.78, 5) is 30.1. The van der Waals surface area contributed by atoms with Crippen LogP contribution in [0.4, 0.5) is 0 Å². The minimum Gasteiger partial charge on any atom is -0.479 e. The van der Waals surface area contributed by atoms with Gasteiger partial charge in [-0.2, -0.15) is 10.1 Å². The molecule has 9 heteroatoms. The molecule has 2 rings (SSSR count). The number of aliphatic hydroxyl groups excluding tert-OH is 1. The van der Waals surface area contributed by atoms with Crippen LogP contribution in [0, 0.1) is 6.92 Å². The normalized spacial score (nSPS) is 12.3. The zero-order chi connectivity index (χ0) is 14.0. The van der Waals surface area contributed by atoms with E-state index in [-0.39, 0.29) is 12.1 Å². The second-order valence-electron chi connectivity index (χ2n) is 3.79. The van der Waals surface area contributed by atoms with Crippen LogP contribution in [0.15, 0.2) is 12.5 Å². The Kier molecular flexibility index (Phi) is 3.38. The van der Waals surface area contributed by atoms with Gasteiger partial charge >= 0.3 is 5.97 Å². The second kappa shape index (κ2) is 4.98. The number of aromatic nitrogens is 4. The fourth-order valence-electron chi connectivity index (χ4n) is 1.48. The lowest BCUT2D eigenvalue weighted by Gasteiger charge is -2.09. The van der Waals surface area contributed by atoms with Crippen molar-refractivity contribution in [3.05, 3.63) is 23.8 Å². The molecule has 100 valence electrons.